The number of anilines is 1. The fraction of sp³-hybridized carbons (Fsp3) is 0.333. The first kappa shape index (κ1) is 19.5. The van der Waals surface area contributed by atoms with Gasteiger partial charge in [0.25, 0.3) is 5.91 Å². The number of aryl methyl sites for hydroxylation is 2. The third-order valence-electron chi connectivity index (χ3n) is 3.90. The Bertz CT molecular complexity index is 783. The van der Waals surface area contributed by atoms with Crippen molar-refractivity contribution in [2.24, 2.45) is 0 Å². The molecule has 2 rings (SSSR count). The second kappa shape index (κ2) is 9.04. The molecule has 5 nitrogen and oxygen atoms in total. The number of carbonyl (C=O) groups excluding carboxylic acids is 2. The summed E-state index contributed by atoms with van der Waals surface area (Å²) in [5.41, 5.74) is 3.83. The quantitative estimate of drug-likeness (QED) is 0.763. The van der Waals surface area contributed by atoms with Crippen molar-refractivity contribution >= 4 is 17.6 Å². The molecule has 26 heavy (non-hydrogen) atoms. The van der Waals surface area contributed by atoms with Crippen molar-refractivity contribution in [3.63, 3.8) is 0 Å². The molecular formula is C21H25NO4. The molecule has 2 aromatic carbocycles. The standard InChI is InChI=1S/C21H25NO4/c1-14(2)17-7-5-6-8-18(17)22-20(23)12-26-21(24)13-25-19-10-9-15(3)11-16(19)4/h5-11,14H,12-13H2,1-4H3,(H,22,23). The molecule has 1 N–H and O–H groups in total. The van der Waals surface area contributed by atoms with Crippen molar-refractivity contribution in [1.29, 1.82) is 0 Å². The van der Waals surface area contributed by atoms with E-state index in [9.17, 15) is 9.59 Å². The summed E-state index contributed by atoms with van der Waals surface area (Å²) in [5, 5.41) is 2.78. The molecule has 0 unspecified atom stereocenters. The molecule has 0 fully saturated rings. The highest BCUT2D eigenvalue weighted by Crippen LogP contribution is 2.23. The van der Waals surface area contributed by atoms with Gasteiger partial charge in [0.1, 0.15) is 5.75 Å². The number of hydrogen-bond donors (Lipinski definition) is 1. The van der Waals surface area contributed by atoms with Crippen molar-refractivity contribution < 1.29 is 19.1 Å². The normalized spacial score (nSPS) is 10.5. The second-order valence-electron chi connectivity index (χ2n) is 6.51. The van der Waals surface area contributed by atoms with Gasteiger partial charge in [-0.1, -0.05) is 49.7 Å². The van der Waals surface area contributed by atoms with Crippen LogP contribution < -0.4 is 10.1 Å². The number of ether oxygens (including phenoxy) is 2. The molecule has 0 bridgehead atoms. The molecule has 1 amide bonds. The lowest BCUT2D eigenvalue weighted by molar-refractivity contribution is -0.149. The van der Waals surface area contributed by atoms with Gasteiger partial charge >= 0.3 is 5.97 Å². The molecular weight excluding hydrogens is 330 g/mol. The zero-order valence-electron chi connectivity index (χ0n) is 15.7. The van der Waals surface area contributed by atoms with E-state index in [1.54, 1.807) is 0 Å². The molecule has 0 aliphatic carbocycles. The summed E-state index contributed by atoms with van der Waals surface area (Å²) in [6.07, 6.45) is 0. The van der Waals surface area contributed by atoms with Gasteiger partial charge in [0.2, 0.25) is 0 Å². The highest BCUT2D eigenvalue weighted by molar-refractivity contribution is 5.93. The van der Waals surface area contributed by atoms with E-state index in [0.717, 1.165) is 22.4 Å². The number of esters is 1. The fourth-order valence-electron chi connectivity index (χ4n) is 2.59. The van der Waals surface area contributed by atoms with Gasteiger partial charge in [0, 0.05) is 5.69 Å². The van der Waals surface area contributed by atoms with Crippen LogP contribution in [0.2, 0.25) is 0 Å². The minimum absolute atomic E-state index is 0.236. The lowest BCUT2D eigenvalue weighted by Gasteiger charge is -2.14. The number of rotatable bonds is 7. The molecule has 138 valence electrons. The van der Waals surface area contributed by atoms with Crippen LogP contribution in [0.15, 0.2) is 42.5 Å². The van der Waals surface area contributed by atoms with Crippen LogP contribution in [0, 0.1) is 13.8 Å². The Morgan fingerprint density at radius 1 is 1.04 bits per heavy atom. The van der Waals surface area contributed by atoms with E-state index in [0.29, 0.717) is 5.75 Å². The topological polar surface area (TPSA) is 64.6 Å². The van der Waals surface area contributed by atoms with Crippen LogP contribution in [0.5, 0.6) is 5.75 Å². The van der Waals surface area contributed by atoms with Gasteiger partial charge in [-0.3, -0.25) is 4.79 Å². The van der Waals surface area contributed by atoms with Crippen LogP contribution in [0.4, 0.5) is 5.69 Å². The zero-order valence-corrected chi connectivity index (χ0v) is 15.7. The monoisotopic (exact) mass is 355 g/mol. The molecule has 0 saturated heterocycles. The molecule has 2 aromatic rings. The van der Waals surface area contributed by atoms with Crippen LogP contribution in [0.1, 0.15) is 36.5 Å². The average Bonchev–Trinajstić information content (AvgIpc) is 2.59. The van der Waals surface area contributed by atoms with Crippen LogP contribution in [-0.4, -0.2) is 25.1 Å². The van der Waals surface area contributed by atoms with Crippen LogP contribution in [0.3, 0.4) is 0 Å². The highest BCUT2D eigenvalue weighted by Gasteiger charge is 2.12. The van der Waals surface area contributed by atoms with Gasteiger partial charge in [0.05, 0.1) is 0 Å². The Morgan fingerprint density at radius 3 is 2.46 bits per heavy atom. The summed E-state index contributed by atoms with van der Waals surface area (Å²) in [7, 11) is 0. The maximum atomic E-state index is 12.0. The molecule has 0 aliphatic rings. The van der Waals surface area contributed by atoms with Crippen LogP contribution in [0.25, 0.3) is 0 Å². The minimum Gasteiger partial charge on any atom is -0.482 e. The molecule has 0 spiro atoms. The maximum absolute atomic E-state index is 12.0. The SMILES string of the molecule is Cc1ccc(OCC(=O)OCC(=O)Nc2ccccc2C(C)C)c(C)c1. The van der Waals surface area contributed by atoms with E-state index < -0.39 is 5.97 Å². The number of nitrogens with one attached hydrogen (secondary N) is 1. The van der Waals surface area contributed by atoms with E-state index in [2.05, 4.69) is 19.2 Å². The summed E-state index contributed by atoms with van der Waals surface area (Å²) in [4.78, 5) is 23.8. The van der Waals surface area contributed by atoms with Crippen molar-refractivity contribution in [2.75, 3.05) is 18.5 Å². The molecule has 0 aromatic heterocycles. The van der Waals surface area contributed by atoms with E-state index in [4.69, 9.17) is 9.47 Å². The number of carbonyl (C=O) groups is 2. The molecule has 0 aliphatic heterocycles. The second-order valence-corrected chi connectivity index (χ2v) is 6.51. The molecule has 0 atom stereocenters. The third kappa shape index (κ3) is 5.62. The largest absolute Gasteiger partial charge is 0.482 e. The molecule has 5 heteroatoms. The Morgan fingerprint density at radius 2 is 1.77 bits per heavy atom. The smallest absolute Gasteiger partial charge is 0.344 e. The van der Waals surface area contributed by atoms with E-state index >= 15 is 0 Å². The van der Waals surface area contributed by atoms with Crippen molar-refractivity contribution in [1.82, 2.24) is 0 Å². The van der Waals surface area contributed by atoms with Gasteiger partial charge in [-0.05, 0) is 43.0 Å². The number of amides is 1. The first-order valence-electron chi connectivity index (χ1n) is 8.61. The Hall–Kier alpha value is -2.82. The number of hydrogen-bond acceptors (Lipinski definition) is 4. The van der Waals surface area contributed by atoms with Gasteiger partial charge in [-0.25, -0.2) is 4.79 Å². The van der Waals surface area contributed by atoms with E-state index in [-0.39, 0.29) is 25.0 Å². The maximum Gasteiger partial charge on any atom is 0.344 e. The van der Waals surface area contributed by atoms with Crippen LogP contribution >= 0.6 is 0 Å². The predicted molar refractivity (Wildman–Crippen MR) is 102 cm³/mol. The Balaban J connectivity index is 1.81. The third-order valence-corrected chi connectivity index (χ3v) is 3.90. The van der Waals surface area contributed by atoms with Crippen molar-refractivity contribution in [3.8, 4) is 5.75 Å². The van der Waals surface area contributed by atoms with Crippen LogP contribution in [-0.2, 0) is 14.3 Å². The van der Waals surface area contributed by atoms with Gasteiger partial charge in [-0.15, -0.1) is 0 Å². The first-order valence-corrected chi connectivity index (χ1v) is 8.61. The fourth-order valence-corrected chi connectivity index (χ4v) is 2.59. The summed E-state index contributed by atoms with van der Waals surface area (Å²) < 4.78 is 10.4. The highest BCUT2D eigenvalue weighted by atomic mass is 16.6. The molecule has 0 radical (unpaired) electrons. The summed E-state index contributed by atoms with van der Waals surface area (Å²) >= 11 is 0. The summed E-state index contributed by atoms with van der Waals surface area (Å²) in [6.45, 7) is 7.42. The Kier molecular flexibility index (Phi) is 6.78. The van der Waals surface area contributed by atoms with E-state index in [1.807, 2.05) is 56.3 Å². The summed E-state index contributed by atoms with van der Waals surface area (Å²) in [5.74, 6) is -0.0571. The predicted octanol–water partition coefficient (Wildman–Crippen LogP) is 3.99. The number of benzene rings is 2. The molecule has 0 saturated carbocycles. The zero-order chi connectivity index (χ0) is 19.1. The average molecular weight is 355 g/mol. The van der Waals surface area contributed by atoms with Crippen molar-refractivity contribution in [3.05, 3.63) is 59.2 Å². The lowest BCUT2D eigenvalue weighted by Crippen LogP contribution is -2.24. The Labute approximate surface area is 154 Å². The molecule has 0 heterocycles. The minimum atomic E-state index is -0.586. The number of para-hydroxylation sites is 1. The van der Waals surface area contributed by atoms with E-state index in [1.165, 1.54) is 0 Å². The lowest BCUT2D eigenvalue weighted by atomic mass is 10.0. The van der Waals surface area contributed by atoms with Gasteiger partial charge < -0.3 is 14.8 Å². The van der Waals surface area contributed by atoms with Gasteiger partial charge in [-0.2, -0.15) is 0 Å². The van der Waals surface area contributed by atoms with Gasteiger partial charge in [0.15, 0.2) is 13.2 Å². The summed E-state index contributed by atoms with van der Waals surface area (Å²) in [6, 6.07) is 13.3. The first-order chi connectivity index (χ1) is 12.4. The van der Waals surface area contributed by atoms with Crippen molar-refractivity contribution in [2.45, 2.75) is 33.6 Å².